The van der Waals surface area contributed by atoms with Crippen LogP contribution in [0, 0.1) is 12.7 Å². The van der Waals surface area contributed by atoms with E-state index in [9.17, 15) is 4.39 Å². The minimum atomic E-state index is -0.305. The Morgan fingerprint density at radius 1 is 1.18 bits per heavy atom. The molecule has 0 spiro atoms. The summed E-state index contributed by atoms with van der Waals surface area (Å²) in [5.74, 6) is 0.505. The molecule has 8 heteroatoms. The van der Waals surface area contributed by atoms with Crippen molar-refractivity contribution in [1.29, 1.82) is 0 Å². The minimum absolute atomic E-state index is 0.305. The highest BCUT2D eigenvalue weighted by Crippen LogP contribution is 2.27. The van der Waals surface area contributed by atoms with Crippen molar-refractivity contribution in [1.82, 2.24) is 25.1 Å². The lowest BCUT2D eigenvalue weighted by molar-refractivity contribution is 0.247. The molecule has 0 amide bonds. The summed E-state index contributed by atoms with van der Waals surface area (Å²) in [4.78, 5) is 4.67. The van der Waals surface area contributed by atoms with Gasteiger partial charge in [0.1, 0.15) is 11.5 Å². The molecule has 2 aromatic heterocycles. The molecule has 1 aromatic carbocycles. The standard InChI is InChI=1S/C20H25FN6O/c1-3-5-18-15(2)27(24-22-18)9-4-8-25-10-12-26(13-11-25)20-17-7-6-16(21)14-19(17)28-23-20/h3,5-7,14H,4,8-13H2,1-2H3. The first-order valence-electron chi connectivity index (χ1n) is 9.70. The van der Waals surface area contributed by atoms with E-state index in [0.717, 1.165) is 68.3 Å². The predicted octanol–water partition coefficient (Wildman–Crippen LogP) is 3.11. The fraction of sp³-hybridized carbons (Fsp3) is 0.450. The van der Waals surface area contributed by atoms with Gasteiger partial charge in [0, 0.05) is 45.3 Å². The molecule has 4 rings (SSSR count). The van der Waals surface area contributed by atoms with Gasteiger partial charge in [-0.15, -0.1) is 5.10 Å². The Labute approximate surface area is 163 Å². The predicted molar refractivity (Wildman–Crippen MR) is 107 cm³/mol. The monoisotopic (exact) mass is 384 g/mol. The zero-order valence-corrected chi connectivity index (χ0v) is 16.3. The summed E-state index contributed by atoms with van der Waals surface area (Å²) in [7, 11) is 0. The topological polar surface area (TPSA) is 63.2 Å². The number of rotatable bonds is 6. The highest BCUT2D eigenvalue weighted by Gasteiger charge is 2.21. The van der Waals surface area contributed by atoms with E-state index in [1.165, 1.54) is 12.1 Å². The van der Waals surface area contributed by atoms with Gasteiger partial charge in [0.15, 0.2) is 11.4 Å². The number of allylic oxidation sites excluding steroid dienone is 1. The van der Waals surface area contributed by atoms with Crippen molar-refractivity contribution < 1.29 is 8.91 Å². The first-order valence-corrected chi connectivity index (χ1v) is 9.70. The number of fused-ring (bicyclic) bond motifs is 1. The highest BCUT2D eigenvalue weighted by atomic mass is 19.1. The Bertz CT molecular complexity index is 970. The largest absolute Gasteiger partial charge is 0.354 e. The third-order valence-corrected chi connectivity index (χ3v) is 5.27. The number of aryl methyl sites for hydroxylation is 1. The number of halogens is 1. The number of hydrogen-bond acceptors (Lipinski definition) is 6. The quantitative estimate of drug-likeness (QED) is 0.651. The highest BCUT2D eigenvalue weighted by molar-refractivity contribution is 5.88. The second-order valence-corrected chi connectivity index (χ2v) is 7.11. The van der Waals surface area contributed by atoms with Crippen LogP contribution in [0.1, 0.15) is 24.7 Å². The van der Waals surface area contributed by atoms with Crippen LogP contribution in [0.4, 0.5) is 10.2 Å². The van der Waals surface area contributed by atoms with Crippen LogP contribution in [-0.2, 0) is 6.54 Å². The maximum absolute atomic E-state index is 13.3. The second-order valence-electron chi connectivity index (χ2n) is 7.11. The summed E-state index contributed by atoms with van der Waals surface area (Å²) in [5, 5.41) is 13.5. The van der Waals surface area contributed by atoms with Crippen LogP contribution < -0.4 is 4.90 Å². The third kappa shape index (κ3) is 3.77. The van der Waals surface area contributed by atoms with E-state index in [1.54, 1.807) is 6.07 Å². The van der Waals surface area contributed by atoms with Crippen LogP contribution in [-0.4, -0.2) is 57.8 Å². The smallest absolute Gasteiger partial charge is 0.180 e. The van der Waals surface area contributed by atoms with Crippen LogP contribution in [0.15, 0.2) is 28.8 Å². The average molecular weight is 384 g/mol. The molecule has 0 saturated carbocycles. The molecule has 0 N–H and O–H groups in total. The summed E-state index contributed by atoms with van der Waals surface area (Å²) >= 11 is 0. The first kappa shape index (κ1) is 18.6. The maximum atomic E-state index is 13.3. The number of aromatic nitrogens is 4. The number of benzene rings is 1. The van der Waals surface area contributed by atoms with E-state index in [1.807, 2.05) is 23.8 Å². The van der Waals surface area contributed by atoms with Gasteiger partial charge in [-0.1, -0.05) is 16.4 Å². The molecule has 1 saturated heterocycles. The molecular formula is C20H25FN6O. The number of anilines is 1. The van der Waals surface area contributed by atoms with E-state index in [0.29, 0.717) is 5.58 Å². The Hall–Kier alpha value is -2.74. The van der Waals surface area contributed by atoms with Crippen molar-refractivity contribution >= 4 is 22.9 Å². The molecule has 1 fully saturated rings. The molecule has 1 aliphatic rings. The van der Waals surface area contributed by atoms with E-state index < -0.39 is 0 Å². The molecule has 0 unspecified atom stereocenters. The molecule has 3 aromatic rings. The summed E-state index contributed by atoms with van der Waals surface area (Å²) in [6.45, 7) is 9.64. The molecule has 28 heavy (non-hydrogen) atoms. The van der Waals surface area contributed by atoms with Crippen LogP contribution in [0.3, 0.4) is 0 Å². The van der Waals surface area contributed by atoms with Crippen molar-refractivity contribution in [2.75, 3.05) is 37.6 Å². The second kappa shape index (κ2) is 8.10. The van der Waals surface area contributed by atoms with Crippen LogP contribution in [0.5, 0.6) is 0 Å². The Balaban J connectivity index is 1.28. The molecule has 0 aliphatic carbocycles. The summed E-state index contributed by atoms with van der Waals surface area (Å²) in [6, 6.07) is 4.58. The third-order valence-electron chi connectivity index (χ3n) is 5.27. The Morgan fingerprint density at radius 3 is 2.79 bits per heavy atom. The van der Waals surface area contributed by atoms with Crippen LogP contribution in [0.25, 0.3) is 17.0 Å². The van der Waals surface area contributed by atoms with E-state index in [4.69, 9.17) is 4.52 Å². The van der Waals surface area contributed by atoms with Crippen molar-refractivity contribution in [3.05, 3.63) is 41.5 Å². The molecule has 3 heterocycles. The molecule has 0 bridgehead atoms. The van der Waals surface area contributed by atoms with Crippen LogP contribution in [0.2, 0.25) is 0 Å². The van der Waals surface area contributed by atoms with E-state index >= 15 is 0 Å². The minimum Gasteiger partial charge on any atom is -0.354 e. The molecular weight excluding hydrogens is 359 g/mol. The normalized spacial score (nSPS) is 15.9. The van der Waals surface area contributed by atoms with E-state index in [-0.39, 0.29) is 5.82 Å². The molecule has 1 aliphatic heterocycles. The van der Waals surface area contributed by atoms with Crippen molar-refractivity contribution in [3.8, 4) is 0 Å². The maximum Gasteiger partial charge on any atom is 0.180 e. The van der Waals surface area contributed by atoms with Gasteiger partial charge in [-0.3, -0.25) is 4.90 Å². The van der Waals surface area contributed by atoms with Gasteiger partial charge in [-0.05, 0) is 38.5 Å². The number of hydrogen-bond donors (Lipinski definition) is 0. The summed E-state index contributed by atoms with van der Waals surface area (Å²) in [6.07, 6.45) is 5.00. The van der Waals surface area contributed by atoms with Crippen molar-refractivity contribution in [2.45, 2.75) is 26.8 Å². The van der Waals surface area contributed by atoms with Crippen molar-refractivity contribution in [3.63, 3.8) is 0 Å². The summed E-state index contributed by atoms with van der Waals surface area (Å²) < 4.78 is 20.6. The average Bonchev–Trinajstić information content (AvgIpc) is 3.27. The fourth-order valence-electron chi connectivity index (χ4n) is 3.65. The Morgan fingerprint density at radius 2 is 2.00 bits per heavy atom. The SMILES string of the molecule is CC=Cc1nnn(CCCN2CCN(c3noc4cc(F)ccc34)CC2)c1C. The Kier molecular flexibility index (Phi) is 5.38. The van der Waals surface area contributed by atoms with E-state index in [2.05, 4.69) is 32.2 Å². The van der Waals surface area contributed by atoms with Gasteiger partial charge < -0.3 is 9.42 Å². The molecule has 0 radical (unpaired) electrons. The summed E-state index contributed by atoms with van der Waals surface area (Å²) in [5.41, 5.74) is 2.55. The lowest BCUT2D eigenvalue weighted by atomic mass is 10.2. The van der Waals surface area contributed by atoms with Crippen LogP contribution >= 0.6 is 0 Å². The molecule has 0 atom stereocenters. The van der Waals surface area contributed by atoms with Gasteiger partial charge in [-0.25, -0.2) is 9.07 Å². The lowest BCUT2D eigenvalue weighted by Crippen LogP contribution is -2.47. The van der Waals surface area contributed by atoms with Crippen molar-refractivity contribution in [2.24, 2.45) is 0 Å². The van der Waals surface area contributed by atoms with Gasteiger partial charge in [0.05, 0.1) is 11.1 Å². The first-order chi connectivity index (χ1) is 13.7. The molecule has 148 valence electrons. The fourth-order valence-corrected chi connectivity index (χ4v) is 3.65. The van der Waals surface area contributed by atoms with Gasteiger partial charge in [-0.2, -0.15) is 0 Å². The van der Waals surface area contributed by atoms with Gasteiger partial charge in [0.2, 0.25) is 0 Å². The lowest BCUT2D eigenvalue weighted by Gasteiger charge is -2.34. The molecule has 7 nitrogen and oxygen atoms in total. The number of piperazine rings is 1. The van der Waals surface area contributed by atoms with Gasteiger partial charge in [0.25, 0.3) is 0 Å². The zero-order chi connectivity index (χ0) is 19.5. The zero-order valence-electron chi connectivity index (χ0n) is 16.3. The number of nitrogens with zero attached hydrogens (tertiary/aromatic N) is 6. The van der Waals surface area contributed by atoms with Gasteiger partial charge >= 0.3 is 0 Å².